The van der Waals surface area contributed by atoms with Gasteiger partial charge in [-0.2, -0.15) is 9.50 Å². The predicted octanol–water partition coefficient (Wildman–Crippen LogP) is 4.26. The van der Waals surface area contributed by atoms with Crippen LogP contribution in [0.15, 0.2) is 47.1 Å². The van der Waals surface area contributed by atoms with E-state index >= 15 is 0 Å². The topological polar surface area (TPSA) is 93.1 Å². The molecule has 3 aromatic heterocycles. The Labute approximate surface area is 193 Å². The molecule has 33 heavy (non-hydrogen) atoms. The average molecular weight is 471 g/mol. The smallest absolute Gasteiger partial charge is 0.309 e. The van der Waals surface area contributed by atoms with Crippen molar-refractivity contribution < 1.29 is 23.4 Å². The summed E-state index contributed by atoms with van der Waals surface area (Å²) in [5.41, 5.74) is 0.844. The number of hydrogen-bond donors (Lipinski definition) is 1. The lowest BCUT2D eigenvalue weighted by molar-refractivity contribution is -0.149. The molecule has 1 N–H and O–H groups in total. The van der Waals surface area contributed by atoms with Crippen molar-refractivity contribution in [2.24, 2.45) is 5.92 Å². The lowest BCUT2D eigenvalue weighted by Crippen LogP contribution is -2.39. The molecule has 0 radical (unpaired) electrons. The molecule has 0 unspecified atom stereocenters. The van der Waals surface area contributed by atoms with Crippen molar-refractivity contribution in [3.63, 3.8) is 0 Å². The number of halogens is 1. The molecule has 5 rings (SSSR count). The van der Waals surface area contributed by atoms with Crippen LogP contribution in [0, 0.1) is 11.7 Å². The standard InChI is InChI=1S/C23H23FN4O4S/c1-2-31-22(30)15-9-11-27(12-10-15)18(14-5-7-16(24)8-6-14)19-21(29)28-23(33-19)25-20(26-28)17-4-3-13-32-17/h3-8,13,15,18,29H,2,9-12H2,1H3/t18-/m0/s1. The monoisotopic (exact) mass is 470 g/mol. The molecule has 1 aliphatic rings. The summed E-state index contributed by atoms with van der Waals surface area (Å²) in [6.45, 7) is 3.44. The number of carbonyl (C=O) groups excluding carboxylic acids is 1. The Balaban J connectivity index is 1.48. The van der Waals surface area contributed by atoms with Crippen LogP contribution in [0.1, 0.15) is 36.2 Å². The van der Waals surface area contributed by atoms with E-state index in [0.29, 0.717) is 54.0 Å². The van der Waals surface area contributed by atoms with Crippen LogP contribution in [0.2, 0.25) is 0 Å². The van der Waals surface area contributed by atoms with Crippen LogP contribution >= 0.6 is 11.3 Å². The maximum atomic E-state index is 13.6. The van der Waals surface area contributed by atoms with E-state index in [1.807, 2.05) is 0 Å². The number of furan rings is 1. The van der Waals surface area contributed by atoms with Crippen LogP contribution in [0.4, 0.5) is 4.39 Å². The number of benzene rings is 1. The van der Waals surface area contributed by atoms with Crippen molar-refractivity contribution in [1.29, 1.82) is 0 Å². The number of ether oxygens (including phenoxy) is 1. The Bertz CT molecular complexity index is 1240. The Kier molecular flexibility index (Phi) is 5.86. The number of hydrogen-bond acceptors (Lipinski definition) is 8. The molecule has 4 aromatic rings. The minimum atomic E-state index is -0.325. The second-order valence-corrected chi connectivity index (χ2v) is 8.92. The maximum absolute atomic E-state index is 13.6. The van der Waals surface area contributed by atoms with E-state index in [1.54, 1.807) is 37.5 Å². The van der Waals surface area contributed by atoms with E-state index in [9.17, 15) is 14.3 Å². The second-order valence-electron chi connectivity index (χ2n) is 7.91. The van der Waals surface area contributed by atoms with Crippen molar-refractivity contribution in [1.82, 2.24) is 19.5 Å². The van der Waals surface area contributed by atoms with E-state index in [2.05, 4.69) is 15.0 Å². The van der Waals surface area contributed by atoms with Gasteiger partial charge in [0.05, 0.1) is 29.7 Å². The number of esters is 1. The van der Waals surface area contributed by atoms with E-state index in [1.165, 1.54) is 28.0 Å². The van der Waals surface area contributed by atoms with Gasteiger partial charge in [0.25, 0.3) is 0 Å². The Morgan fingerprint density at radius 1 is 1.30 bits per heavy atom. The summed E-state index contributed by atoms with van der Waals surface area (Å²) in [7, 11) is 0. The lowest BCUT2D eigenvalue weighted by atomic mass is 9.93. The number of aromatic hydroxyl groups is 1. The summed E-state index contributed by atoms with van der Waals surface area (Å²) in [6.07, 6.45) is 2.85. The van der Waals surface area contributed by atoms with Crippen LogP contribution in [0.5, 0.6) is 5.88 Å². The minimum absolute atomic E-state index is 0.0119. The number of thiazole rings is 1. The lowest BCUT2D eigenvalue weighted by Gasteiger charge is -2.36. The second kappa shape index (κ2) is 8.95. The normalized spacial score (nSPS) is 16.3. The molecule has 0 saturated carbocycles. The molecule has 4 heterocycles. The molecule has 1 saturated heterocycles. The number of aromatic nitrogens is 3. The molecule has 0 bridgehead atoms. The highest BCUT2D eigenvalue weighted by molar-refractivity contribution is 7.17. The molecule has 172 valence electrons. The van der Waals surface area contributed by atoms with Crippen molar-refractivity contribution >= 4 is 22.3 Å². The third kappa shape index (κ3) is 4.11. The van der Waals surface area contributed by atoms with Gasteiger partial charge in [0.2, 0.25) is 16.7 Å². The predicted molar refractivity (Wildman–Crippen MR) is 119 cm³/mol. The van der Waals surface area contributed by atoms with Gasteiger partial charge in [-0.1, -0.05) is 23.5 Å². The van der Waals surface area contributed by atoms with Gasteiger partial charge in [-0.15, -0.1) is 5.10 Å². The number of piperidine rings is 1. The number of fused-ring (bicyclic) bond motifs is 1. The zero-order valence-electron chi connectivity index (χ0n) is 18.0. The summed E-state index contributed by atoms with van der Waals surface area (Å²) >= 11 is 1.33. The van der Waals surface area contributed by atoms with Gasteiger partial charge in [0.1, 0.15) is 5.82 Å². The summed E-state index contributed by atoms with van der Waals surface area (Å²) in [5.74, 6) is 0.268. The van der Waals surface area contributed by atoms with Crippen molar-refractivity contribution in [3.8, 4) is 17.5 Å². The van der Waals surface area contributed by atoms with E-state index in [0.717, 1.165) is 5.56 Å². The Morgan fingerprint density at radius 2 is 2.06 bits per heavy atom. The fraction of sp³-hybridized carbons (Fsp3) is 0.348. The molecular weight excluding hydrogens is 447 g/mol. The number of carbonyl (C=O) groups is 1. The maximum Gasteiger partial charge on any atom is 0.309 e. The average Bonchev–Trinajstić information content (AvgIpc) is 3.55. The highest BCUT2D eigenvalue weighted by Crippen LogP contribution is 2.41. The molecule has 0 aliphatic carbocycles. The highest BCUT2D eigenvalue weighted by Gasteiger charge is 2.34. The van der Waals surface area contributed by atoms with Gasteiger partial charge in [-0.05, 0) is 62.7 Å². The van der Waals surface area contributed by atoms with Crippen LogP contribution in [-0.2, 0) is 9.53 Å². The van der Waals surface area contributed by atoms with Gasteiger partial charge < -0.3 is 14.3 Å². The molecule has 0 spiro atoms. The van der Waals surface area contributed by atoms with E-state index in [-0.39, 0.29) is 29.6 Å². The zero-order chi connectivity index (χ0) is 22.9. The van der Waals surface area contributed by atoms with Gasteiger partial charge in [0.15, 0.2) is 5.76 Å². The molecule has 1 aliphatic heterocycles. The molecule has 1 aromatic carbocycles. The third-order valence-corrected chi connectivity index (χ3v) is 6.96. The Hall–Kier alpha value is -3.24. The molecule has 10 heteroatoms. The molecule has 1 fully saturated rings. The van der Waals surface area contributed by atoms with Crippen LogP contribution < -0.4 is 0 Å². The van der Waals surface area contributed by atoms with Gasteiger partial charge >= 0.3 is 5.97 Å². The first-order chi connectivity index (χ1) is 16.0. The fourth-order valence-electron chi connectivity index (χ4n) is 4.27. The van der Waals surface area contributed by atoms with E-state index in [4.69, 9.17) is 9.15 Å². The molecule has 8 nitrogen and oxygen atoms in total. The molecule has 0 amide bonds. The van der Waals surface area contributed by atoms with Crippen LogP contribution in [0.3, 0.4) is 0 Å². The first-order valence-corrected chi connectivity index (χ1v) is 11.6. The summed E-state index contributed by atoms with van der Waals surface area (Å²) in [4.78, 5) is 20.1. The summed E-state index contributed by atoms with van der Waals surface area (Å²) < 4.78 is 25.6. The van der Waals surface area contributed by atoms with Crippen molar-refractivity contribution in [2.45, 2.75) is 25.8 Å². The van der Waals surface area contributed by atoms with Gasteiger partial charge in [0, 0.05) is 0 Å². The first-order valence-electron chi connectivity index (χ1n) is 10.8. The number of likely N-dealkylation sites (tertiary alicyclic amines) is 1. The third-order valence-electron chi connectivity index (χ3n) is 5.89. The first kappa shape index (κ1) is 21.6. The summed E-state index contributed by atoms with van der Waals surface area (Å²) in [5, 5.41) is 15.5. The minimum Gasteiger partial charge on any atom is -0.492 e. The Morgan fingerprint density at radius 3 is 2.70 bits per heavy atom. The SMILES string of the molecule is CCOC(=O)C1CCN([C@@H](c2ccc(F)cc2)c2sc3nc(-c4ccco4)nn3c2O)CC1. The largest absolute Gasteiger partial charge is 0.492 e. The fourth-order valence-corrected chi connectivity index (χ4v) is 5.38. The highest BCUT2D eigenvalue weighted by atomic mass is 32.1. The summed E-state index contributed by atoms with van der Waals surface area (Å²) in [6, 6.07) is 9.46. The van der Waals surface area contributed by atoms with Crippen LogP contribution in [0.25, 0.3) is 16.5 Å². The molecule has 1 atom stereocenters. The quantitative estimate of drug-likeness (QED) is 0.421. The number of nitrogens with zero attached hydrogens (tertiary/aromatic N) is 4. The van der Waals surface area contributed by atoms with Crippen LogP contribution in [-0.4, -0.2) is 50.3 Å². The van der Waals surface area contributed by atoms with Gasteiger partial charge in [-0.3, -0.25) is 9.69 Å². The van der Waals surface area contributed by atoms with Crippen molar-refractivity contribution in [2.75, 3.05) is 19.7 Å². The zero-order valence-corrected chi connectivity index (χ0v) is 18.8. The molecular formula is C23H23FN4O4S. The van der Waals surface area contributed by atoms with E-state index < -0.39 is 0 Å². The van der Waals surface area contributed by atoms with Crippen molar-refractivity contribution in [3.05, 3.63) is 58.9 Å². The van der Waals surface area contributed by atoms with Gasteiger partial charge in [-0.25, -0.2) is 4.39 Å². The number of rotatable bonds is 6.